The SMILES string of the molecule is Cc1cc(CN(C)CC2CCN(Cc3ccc(C)o3)CC2)n[nH]1. The van der Waals surface area contributed by atoms with E-state index in [0.29, 0.717) is 0 Å². The number of rotatable bonds is 6. The summed E-state index contributed by atoms with van der Waals surface area (Å²) in [5.74, 6) is 2.88. The Kier molecular flexibility index (Phi) is 5.18. The number of aromatic nitrogens is 2. The van der Waals surface area contributed by atoms with Crippen LogP contribution in [0.2, 0.25) is 0 Å². The van der Waals surface area contributed by atoms with E-state index in [1.807, 2.05) is 19.9 Å². The van der Waals surface area contributed by atoms with E-state index in [9.17, 15) is 0 Å². The topological polar surface area (TPSA) is 48.3 Å². The number of nitrogens with one attached hydrogen (secondary N) is 1. The lowest BCUT2D eigenvalue weighted by Gasteiger charge is -2.33. The van der Waals surface area contributed by atoms with E-state index >= 15 is 0 Å². The van der Waals surface area contributed by atoms with Crippen molar-refractivity contribution in [2.24, 2.45) is 5.92 Å². The van der Waals surface area contributed by atoms with Crippen LogP contribution >= 0.6 is 0 Å². The molecule has 1 saturated heterocycles. The second-order valence-electron chi connectivity index (χ2n) is 6.97. The predicted octanol–water partition coefficient (Wildman–Crippen LogP) is 2.96. The van der Waals surface area contributed by atoms with Gasteiger partial charge >= 0.3 is 0 Å². The zero-order valence-corrected chi connectivity index (χ0v) is 14.5. The van der Waals surface area contributed by atoms with Gasteiger partial charge in [0.25, 0.3) is 0 Å². The highest BCUT2D eigenvalue weighted by Gasteiger charge is 2.21. The van der Waals surface area contributed by atoms with Gasteiger partial charge in [0.1, 0.15) is 11.5 Å². The molecule has 3 rings (SSSR count). The van der Waals surface area contributed by atoms with Crippen LogP contribution in [0.1, 0.15) is 35.7 Å². The second kappa shape index (κ2) is 7.32. The quantitative estimate of drug-likeness (QED) is 0.890. The van der Waals surface area contributed by atoms with Crippen LogP contribution in [0.5, 0.6) is 0 Å². The fourth-order valence-electron chi connectivity index (χ4n) is 3.45. The molecule has 5 nitrogen and oxygen atoms in total. The zero-order chi connectivity index (χ0) is 16.2. The van der Waals surface area contributed by atoms with Crippen molar-refractivity contribution in [1.82, 2.24) is 20.0 Å². The van der Waals surface area contributed by atoms with Crippen molar-refractivity contribution < 1.29 is 4.42 Å². The largest absolute Gasteiger partial charge is 0.465 e. The average molecular weight is 316 g/mol. The maximum absolute atomic E-state index is 5.69. The summed E-state index contributed by atoms with van der Waals surface area (Å²) in [6.07, 6.45) is 2.53. The normalized spacial score (nSPS) is 17.2. The molecule has 0 radical (unpaired) electrons. The predicted molar refractivity (Wildman–Crippen MR) is 91.1 cm³/mol. The van der Waals surface area contributed by atoms with E-state index in [4.69, 9.17) is 4.42 Å². The zero-order valence-electron chi connectivity index (χ0n) is 14.5. The van der Waals surface area contributed by atoms with E-state index in [2.05, 4.69) is 39.2 Å². The number of H-pyrrole nitrogens is 1. The van der Waals surface area contributed by atoms with E-state index in [-0.39, 0.29) is 0 Å². The van der Waals surface area contributed by atoms with Gasteiger partial charge in [-0.15, -0.1) is 0 Å². The van der Waals surface area contributed by atoms with Crippen molar-refractivity contribution in [1.29, 1.82) is 0 Å². The molecular formula is C18H28N4O. The third-order valence-electron chi connectivity index (χ3n) is 4.64. The Balaban J connectivity index is 1.40. The number of aryl methyl sites for hydroxylation is 2. The van der Waals surface area contributed by atoms with Gasteiger partial charge in [-0.05, 0) is 70.9 Å². The van der Waals surface area contributed by atoms with Gasteiger partial charge in [0.2, 0.25) is 0 Å². The molecule has 0 aromatic carbocycles. The molecule has 126 valence electrons. The van der Waals surface area contributed by atoms with E-state index in [1.165, 1.54) is 25.9 Å². The Morgan fingerprint density at radius 1 is 1.30 bits per heavy atom. The highest BCUT2D eigenvalue weighted by atomic mass is 16.3. The van der Waals surface area contributed by atoms with Crippen LogP contribution in [0.3, 0.4) is 0 Å². The summed E-state index contributed by atoms with van der Waals surface area (Å²) >= 11 is 0. The summed E-state index contributed by atoms with van der Waals surface area (Å²) in [6, 6.07) is 6.28. The Morgan fingerprint density at radius 3 is 2.70 bits per heavy atom. The Bertz CT molecular complexity index is 610. The van der Waals surface area contributed by atoms with Crippen molar-refractivity contribution in [3.8, 4) is 0 Å². The van der Waals surface area contributed by atoms with Gasteiger partial charge in [-0.3, -0.25) is 10.00 Å². The minimum absolute atomic E-state index is 0.787. The standard InChI is InChI=1S/C18H28N4O/c1-14-10-17(20-19-14)12-21(3)11-16-6-8-22(9-7-16)13-18-5-4-15(2)23-18/h4-5,10,16H,6-9,11-13H2,1-3H3,(H,19,20). The van der Waals surface area contributed by atoms with Gasteiger partial charge in [-0.2, -0.15) is 5.10 Å². The highest BCUT2D eigenvalue weighted by molar-refractivity contribution is 5.06. The van der Waals surface area contributed by atoms with Crippen molar-refractivity contribution >= 4 is 0 Å². The van der Waals surface area contributed by atoms with E-state index in [1.54, 1.807) is 0 Å². The lowest BCUT2D eigenvalue weighted by atomic mass is 9.96. The molecule has 0 bridgehead atoms. The van der Waals surface area contributed by atoms with Gasteiger partial charge in [0.15, 0.2) is 0 Å². The maximum Gasteiger partial charge on any atom is 0.118 e. The number of hydrogen-bond acceptors (Lipinski definition) is 4. The minimum atomic E-state index is 0.787. The van der Waals surface area contributed by atoms with E-state index in [0.717, 1.165) is 48.5 Å². The third kappa shape index (κ3) is 4.69. The lowest BCUT2D eigenvalue weighted by molar-refractivity contribution is 0.139. The Labute approximate surface area is 138 Å². The average Bonchev–Trinajstić information content (AvgIpc) is 3.10. The van der Waals surface area contributed by atoms with Crippen molar-refractivity contribution in [2.45, 2.75) is 39.8 Å². The summed E-state index contributed by atoms with van der Waals surface area (Å²) < 4.78 is 5.69. The number of nitrogens with zero attached hydrogens (tertiary/aromatic N) is 3. The molecule has 5 heteroatoms. The molecule has 1 aliphatic heterocycles. The van der Waals surface area contributed by atoms with Gasteiger partial charge in [0, 0.05) is 18.8 Å². The van der Waals surface area contributed by atoms with Crippen LogP contribution in [-0.2, 0) is 13.1 Å². The molecule has 0 spiro atoms. The maximum atomic E-state index is 5.69. The van der Waals surface area contributed by atoms with Crippen LogP contribution in [0, 0.1) is 19.8 Å². The first-order chi connectivity index (χ1) is 11.1. The molecule has 0 atom stereocenters. The first-order valence-corrected chi connectivity index (χ1v) is 8.55. The number of furan rings is 1. The molecule has 0 aliphatic carbocycles. The Hall–Kier alpha value is -1.59. The van der Waals surface area contributed by atoms with Crippen LogP contribution in [0.4, 0.5) is 0 Å². The smallest absolute Gasteiger partial charge is 0.118 e. The fourth-order valence-corrected chi connectivity index (χ4v) is 3.45. The highest BCUT2D eigenvalue weighted by Crippen LogP contribution is 2.21. The van der Waals surface area contributed by atoms with Gasteiger partial charge in [-0.25, -0.2) is 0 Å². The molecule has 2 aromatic heterocycles. The van der Waals surface area contributed by atoms with Crippen LogP contribution in [0.25, 0.3) is 0 Å². The summed E-state index contributed by atoms with van der Waals surface area (Å²) in [5, 5.41) is 7.34. The Morgan fingerprint density at radius 2 is 2.09 bits per heavy atom. The first-order valence-electron chi connectivity index (χ1n) is 8.55. The number of likely N-dealkylation sites (tertiary alicyclic amines) is 1. The molecule has 0 unspecified atom stereocenters. The molecular weight excluding hydrogens is 288 g/mol. The summed E-state index contributed by atoms with van der Waals surface area (Å²) in [7, 11) is 2.20. The van der Waals surface area contributed by atoms with E-state index < -0.39 is 0 Å². The summed E-state index contributed by atoms with van der Waals surface area (Å²) in [4.78, 5) is 4.90. The van der Waals surface area contributed by atoms with Gasteiger partial charge in [0.05, 0.1) is 12.2 Å². The van der Waals surface area contributed by atoms with Crippen molar-refractivity contribution in [2.75, 3.05) is 26.7 Å². The fraction of sp³-hybridized carbons (Fsp3) is 0.611. The molecule has 1 N–H and O–H groups in total. The molecule has 0 saturated carbocycles. The van der Waals surface area contributed by atoms with Gasteiger partial charge < -0.3 is 9.32 Å². The van der Waals surface area contributed by atoms with Crippen LogP contribution in [-0.4, -0.2) is 46.7 Å². The van der Waals surface area contributed by atoms with Crippen LogP contribution in [0.15, 0.2) is 22.6 Å². The number of piperidine rings is 1. The molecule has 2 aromatic rings. The summed E-state index contributed by atoms with van der Waals surface area (Å²) in [6.45, 7) is 9.41. The number of aromatic amines is 1. The molecule has 23 heavy (non-hydrogen) atoms. The molecule has 1 fully saturated rings. The van der Waals surface area contributed by atoms with Crippen molar-refractivity contribution in [3.05, 3.63) is 41.1 Å². The lowest BCUT2D eigenvalue weighted by Crippen LogP contribution is -2.37. The molecule has 3 heterocycles. The van der Waals surface area contributed by atoms with Crippen molar-refractivity contribution in [3.63, 3.8) is 0 Å². The molecule has 0 amide bonds. The van der Waals surface area contributed by atoms with Crippen LogP contribution < -0.4 is 0 Å². The van der Waals surface area contributed by atoms with Gasteiger partial charge in [-0.1, -0.05) is 0 Å². The first kappa shape index (κ1) is 16.3. The third-order valence-corrected chi connectivity index (χ3v) is 4.64. The minimum Gasteiger partial charge on any atom is -0.465 e. The molecule has 1 aliphatic rings. The second-order valence-corrected chi connectivity index (χ2v) is 6.97. The monoisotopic (exact) mass is 316 g/mol. The summed E-state index contributed by atoms with van der Waals surface area (Å²) in [5.41, 5.74) is 2.27. The number of hydrogen-bond donors (Lipinski definition) is 1.